The van der Waals surface area contributed by atoms with Gasteiger partial charge in [0.1, 0.15) is 0 Å². The van der Waals surface area contributed by atoms with Crippen molar-refractivity contribution in [3.05, 3.63) is 35.4 Å². The van der Waals surface area contributed by atoms with Crippen molar-refractivity contribution in [3.8, 4) is 0 Å². The second kappa shape index (κ2) is 3.60. The summed E-state index contributed by atoms with van der Waals surface area (Å²) in [6.45, 7) is 2.15. The number of aryl methyl sites for hydroxylation is 1. The topological polar surface area (TPSA) is 20.2 Å². The molecule has 4 fully saturated rings. The van der Waals surface area contributed by atoms with Gasteiger partial charge in [0, 0.05) is 0 Å². The lowest BCUT2D eigenvalue weighted by Crippen LogP contribution is -2.55. The number of hydrogen-bond acceptors (Lipinski definition) is 1. The van der Waals surface area contributed by atoms with Crippen LogP contribution in [-0.4, -0.2) is 5.11 Å². The van der Waals surface area contributed by atoms with Crippen LogP contribution in [0.2, 0.25) is 0 Å². The first kappa shape index (κ1) is 11.0. The summed E-state index contributed by atoms with van der Waals surface area (Å²) < 4.78 is 0. The Balaban J connectivity index is 1.81. The van der Waals surface area contributed by atoms with Crippen LogP contribution in [-0.2, 0) is 5.60 Å². The van der Waals surface area contributed by atoms with Crippen LogP contribution in [0.15, 0.2) is 24.3 Å². The van der Waals surface area contributed by atoms with Gasteiger partial charge in [0.25, 0.3) is 0 Å². The van der Waals surface area contributed by atoms with Gasteiger partial charge in [-0.1, -0.05) is 24.3 Å². The standard InChI is InChI=1S/C17H22O/c1-11-4-2-3-5-16(11)17(18)14-7-12-6-13(9-14)10-15(17)8-12/h2-5,12-15,18H,6-10H2,1H3. The second-order valence-electron chi connectivity index (χ2n) is 6.94. The molecule has 96 valence electrons. The van der Waals surface area contributed by atoms with Crippen LogP contribution in [0.1, 0.15) is 43.2 Å². The van der Waals surface area contributed by atoms with Crippen LogP contribution >= 0.6 is 0 Å². The van der Waals surface area contributed by atoms with E-state index in [0.717, 1.165) is 11.8 Å². The minimum absolute atomic E-state index is 0.515. The van der Waals surface area contributed by atoms with Gasteiger partial charge in [-0.2, -0.15) is 0 Å². The number of aliphatic hydroxyl groups is 1. The molecular weight excluding hydrogens is 220 g/mol. The Morgan fingerprint density at radius 1 is 0.944 bits per heavy atom. The molecule has 0 heterocycles. The predicted molar refractivity (Wildman–Crippen MR) is 72.1 cm³/mol. The lowest BCUT2D eigenvalue weighted by atomic mass is 9.48. The molecule has 1 aromatic carbocycles. The average molecular weight is 242 g/mol. The van der Waals surface area contributed by atoms with E-state index in [2.05, 4.69) is 31.2 Å². The zero-order valence-electron chi connectivity index (χ0n) is 11.1. The fraction of sp³-hybridized carbons (Fsp3) is 0.647. The van der Waals surface area contributed by atoms with Crippen molar-refractivity contribution in [2.45, 2.75) is 44.6 Å². The van der Waals surface area contributed by atoms with Gasteiger partial charge in [-0.05, 0) is 73.8 Å². The molecule has 4 saturated carbocycles. The monoisotopic (exact) mass is 242 g/mol. The largest absolute Gasteiger partial charge is 0.385 e. The van der Waals surface area contributed by atoms with E-state index in [0.29, 0.717) is 11.8 Å². The Hall–Kier alpha value is -0.820. The molecule has 0 unspecified atom stereocenters. The third-order valence-electron chi connectivity index (χ3n) is 5.96. The maximum atomic E-state index is 11.4. The number of hydrogen-bond donors (Lipinski definition) is 1. The molecule has 5 rings (SSSR count). The molecule has 0 atom stereocenters. The summed E-state index contributed by atoms with van der Waals surface area (Å²) in [6, 6.07) is 8.49. The van der Waals surface area contributed by atoms with E-state index in [-0.39, 0.29) is 0 Å². The van der Waals surface area contributed by atoms with E-state index in [4.69, 9.17) is 0 Å². The van der Waals surface area contributed by atoms with Crippen molar-refractivity contribution in [1.29, 1.82) is 0 Å². The summed E-state index contributed by atoms with van der Waals surface area (Å²) in [4.78, 5) is 0. The average Bonchev–Trinajstić information content (AvgIpc) is 2.35. The predicted octanol–water partition coefficient (Wildman–Crippen LogP) is 3.64. The minimum Gasteiger partial charge on any atom is -0.385 e. The molecule has 0 spiro atoms. The number of rotatable bonds is 1. The van der Waals surface area contributed by atoms with Crippen LogP contribution in [0.5, 0.6) is 0 Å². The van der Waals surface area contributed by atoms with Gasteiger partial charge in [0.15, 0.2) is 0 Å². The first-order valence-electron chi connectivity index (χ1n) is 7.46. The molecule has 0 radical (unpaired) electrons. The molecule has 18 heavy (non-hydrogen) atoms. The van der Waals surface area contributed by atoms with Crippen molar-refractivity contribution in [2.75, 3.05) is 0 Å². The van der Waals surface area contributed by atoms with Crippen molar-refractivity contribution >= 4 is 0 Å². The van der Waals surface area contributed by atoms with Crippen LogP contribution < -0.4 is 0 Å². The molecule has 4 aliphatic rings. The zero-order chi connectivity index (χ0) is 12.3. The van der Waals surface area contributed by atoms with E-state index in [1.807, 2.05) is 0 Å². The van der Waals surface area contributed by atoms with Gasteiger partial charge in [-0.15, -0.1) is 0 Å². The maximum absolute atomic E-state index is 11.4. The molecule has 1 nitrogen and oxygen atoms in total. The smallest absolute Gasteiger partial charge is 0.0955 e. The summed E-state index contributed by atoms with van der Waals surface area (Å²) in [6.07, 6.45) is 6.49. The Morgan fingerprint density at radius 3 is 2.06 bits per heavy atom. The quantitative estimate of drug-likeness (QED) is 0.797. The first-order valence-corrected chi connectivity index (χ1v) is 7.46. The van der Waals surface area contributed by atoms with E-state index in [1.54, 1.807) is 0 Å². The second-order valence-corrected chi connectivity index (χ2v) is 6.94. The van der Waals surface area contributed by atoms with Crippen LogP contribution in [0.25, 0.3) is 0 Å². The lowest BCUT2D eigenvalue weighted by Gasteiger charge is -2.59. The molecule has 0 aliphatic heterocycles. The zero-order valence-corrected chi connectivity index (χ0v) is 11.1. The first-order chi connectivity index (χ1) is 8.68. The van der Waals surface area contributed by atoms with E-state index >= 15 is 0 Å². The molecule has 1 aromatic rings. The van der Waals surface area contributed by atoms with Crippen molar-refractivity contribution in [3.63, 3.8) is 0 Å². The highest BCUT2D eigenvalue weighted by atomic mass is 16.3. The molecule has 4 bridgehead atoms. The highest BCUT2D eigenvalue weighted by Gasteiger charge is 2.57. The number of benzene rings is 1. The van der Waals surface area contributed by atoms with Crippen molar-refractivity contribution < 1.29 is 5.11 Å². The highest BCUT2D eigenvalue weighted by Crippen LogP contribution is 2.61. The third-order valence-corrected chi connectivity index (χ3v) is 5.96. The van der Waals surface area contributed by atoms with E-state index < -0.39 is 5.60 Å². The van der Waals surface area contributed by atoms with E-state index in [1.165, 1.54) is 43.2 Å². The Kier molecular flexibility index (Phi) is 2.21. The maximum Gasteiger partial charge on any atom is 0.0955 e. The van der Waals surface area contributed by atoms with E-state index in [9.17, 15) is 5.11 Å². The van der Waals surface area contributed by atoms with Gasteiger partial charge in [-0.25, -0.2) is 0 Å². The fourth-order valence-corrected chi connectivity index (χ4v) is 5.36. The SMILES string of the molecule is Cc1ccccc1C1(O)C2CC3CC(C2)CC1C3. The molecule has 0 saturated heterocycles. The van der Waals surface area contributed by atoms with Gasteiger partial charge < -0.3 is 5.11 Å². The summed E-state index contributed by atoms with van der Waals surface area (Å²) >= 11 is 0. The normalized spacial score (nSPS) is 45.4. The Bertz CT molecular complexity index is 448. The molecule has 0 amide bonds. The van der Waals surface area contributed by atoms with Crippen LogP contribution in [0.4, 0.5) is 0 Å². The summed E-state index contributed by atoms with van der Waals surface area (Å²) in [7, 11) is 0. The summed E-state index contributed by atoms with van der Waals surface area (Å²) in [5.74, 6) is 2.87. The van der Waals surface area contributed by atoms with Gasteiger partial charge >= 0.3 is 0 Å². The van der Waals surface area contributed by atoms with Gasteiger partial charge in [0.05, 0.1) is 5.60 Å². The molecular formula is C17H22O. The highest BCUT2D eigenvalue weighted by molar-refractivity contribution is 5.34. The van der Waals surface area contributed by atoms with Gasteiger partial charge in [-0.3, -0.25) is 0 Å². The molecule has 1 N–H and O–H groups in total. The Labute approximate surface area is 109 Å². The summed E-state index contributed by atoms with van der Waals surface area (Å²) in [5, 5.41) is 11.4. The van der Waals surface area contributed by atoms with Crippen LogP contribution in [0.3, 0.4) is 0 Å². The molecule has 4 aliphatic carbocycles. The minimum atomic E-state index is -0.515. The molecule has 0 aromatic heterocycles. The van der Waals surface area contributed by atoms with Crippen molar-refractivity contribution in [1.82, 2.24) is 0 Å². The third kappa shape index (κ3) is 1.31. The van der Waals surface area contributed by atoms with Crippen molar-refractivity contribution in [2.24, 2.45) is 23.7 Å². The lowest BCUT2D eigenvalue weighted by molar-refractivity contribution is -0.179. The van der Waals surface area contributed by atoms with Crippen LogP contribution in [0, 0.1) is 30.6 Å². The molecule has 1 heteroatoms. The van der Waals surface area contributed by atoms with Gasteiger partial charge in [0.2, 0.25) is 0 Å². The fourth-order valence-electron chi connectivity index (χ4n) is 5.36. The Morgan fingerprint density at radius 2 is 1.50 bits per heavy atom. The summed E-state index contributed by atoms with van der Waals surface area (Å²) in [5.41, 5.74) is 1.98.